The number of rotatable bonds is 2. The summed E-state index contributed by atoms with van der Waals surface area (Å²) in [4.78, 5) is 14.8. The third-order valence-electron chi connectivity index (χ3n) is 3.71. The highest BCUT2D eigenvalue weighted by Crippen LogP contribution is 2.41. The van der Waals surface area contributed by atoms with Crippen molar-refractivity contribution in [2.45, 2.75) is 6.18 Å². The van der Waals surface area contributed by atoms with Gasteiger partial charge in [0.2, 0.25) is 0 Å². The molecule has 0 spiro atoms. The minimum atomic E-state index is -4.51. The van der Waals surface area contributed by atoms with Gasteiger partial charge in [0.05, 0.1) is 17.1 Å². The van der Waals surface area contributed by atoms with Gasteiger partial charge in [-0.2, -0.15) is 13.2 Å². The fourth-order valence-corrected chi connectivity index (χ4v) is 3.28. The molecule has 3 aromatic rings. The average molecular weight is 433 g/mol. The third kappa shape index (κ3) is 3.26. The summed E-state index contributed by atoms with van der Waals surface area (Å²) in [5.74, 6) is 0.384. The first-order valence-corrected chi connectivity index (χ1v) is 8.16. The normalized spacial score (nSPS) is 11.8. The number of aromatic amines is 1. The minimum absolute atomic E-state index is 0.0971. The first-order valence-electron chi connectivity index (χ1n) is 6.99. The van der Waals surface area contributed by atoms with Gasteiger partial charge in [-0.1, -0.05) is 11.6 Å². The van der Waals surface area contributed by atoms with E-state index < -0.39 is 17.3 Å². The van der Waals surface area contributed by atoms with E-state index in [1.807, 2.05) is 0 Å². The molecule has 0 aliphatic rings. The Bertz CT molecular complexity index is 1030. The molecule has 0 unspecified atom stereocenters. The number of hydrogen-bond acceptors (Lipinski definition) is 2. The van der Waals surface area contributed by atoms with Crippen LogP contribution in [-0.2, 0) is 6.18 Å². The second-order valence-electron chi connectivity index (χ2n) is 5.25. The van der Waals surface area contributed by atoms with Crippen molar-refractivity contribution in [3.05, 3.63) is 61.8 Å². The Morgan fingerprint density at radius 3 is 2.52 bits per heavy atom. The molecule has 0 bridgehead atoms. The zero-order chi connectivity index (χ0) is 18.4. The van der Waals surface area contributed by atoms with E-state index in [2.05, 4.69) is 20.9 Å². The van der Waals surface area contributed by atoms with Gasteiger partial charge in [-0.05, 0) is 52.3 Å². The number of methoxy groups -OCH3 is 1. The maximum absolute atomic E-state index is 13.1. The van der Waals surface area contributed by atoms with Crippen molar-refractivity contribution in [3.8, 4) is 16.9 Å². The van der Waals surface area contributed by atoms with Crippen LogP contribution in [0.4, 0.5) is 13.2 Å². The largest absolute Gasteiger partial charge is 0.496 e. The molecule has 3 nitrogen and oxygen atoms in total. The number of hydrogen-bond donors (Lipinski definition) is 1. The van der Waals surface area contributed by atoms with Gasteiger partial charge in [-0.3, -0.25) is 4.79 Å². The average Bonchev–Trinajstić information content (AvgIpc) is 2.55. The van der Waals surface area contributed by atoms with Crippen LogP contribution in [0.3, 0.4) is 0 Å². The van der Waals surface area contributed by atoms with Crippen molar-refractivity contribution in [3.63, 3.8) is 0 Å². The lowest BCUT2D eigenvalue weighted by Gasteiger charge is -2.15. The number of H-pyrrole nitrogens is 1. The number of aromatic nitrogens is 1. The molecular weight excluding hydrogens is 423 g/mol. The standard InChI is InChI=1S/C17H10BrClF3NO2/c1-25-13-5-3-9(19)7-11(13)14-10-6-8(17(20,21)22)2-4-12(10)23-16(24)15(14)18/h2-7H,1H3,(H,23,24). The van der Waals surface area contributed by atoms with E-state index in [9.17, 15) is 18.0 Å². The Labute approximate surface area is 153 Å². The second-order valence-corrected chi connectivity index (χ2v) is 6.48. The number of alkyl halides is 3. The van der Waals surface area contributed by atoms with Crippen LogP contribution in [0.2, 0.25) is 5.02 Å². The maximum atomic E-state index is 13.1. The van der Waals surface area contributed by atoms with Crippen molar-refractivity contribution in [1.82, 2.24) is 4.98 Å². The Morgan fingerprint density at radius 1 is 1.16 bits per heavy atom. The second kappa shape index (κ2) is 6.38. The SMILES string of the molecule is COc1ccc(Cl)cc1-c1c(Br)c(=O)[nH]c2ccc(C(F)(F)F)cc12. The summed E-state index contributed by atoms with van der Waals surface area (Å²) < 4.78 is 44.7. The first-order chi connectivity index (χ1) is 11.7. The summed E-state index contributed by atoms with van der Waals surface area (Å²) in [5.41, 5.74) is -0.315. The van der Waals surface area contributed by atoms with Gasteiger partial charge in [-0.15, -0.1) is 0 Å². The van der Waals surface area contributed by atoms with E-state index >= 15 is 0 Å². The summed E-state index contributed by atoms with van der Waals surface area (Å²) in [7, 11) is 1.43. The first kappa shape index (κ1) is 17.8. The minimum Gasteiger partial charge on any atom is -0.496 e. The number of halogens is 5. The molecule has 1 N–H and O–H groups in total. The van der Waals surface area contributed by atoms with Crippen molar-refractivity contribution >= 4 is 38.4 Å². The monoisotopic (exact) mass is 431 g/mol. The Kier molecular flexibility index (Phi) is 4.55. The molecule has 3 rings (SSSR count). The van der Waals surface area contributed by atoms with E-state index in [0.29, 0.717) is 16.3 Å². The predicted molar refractivity (Wildman–Crippen MR) is 94.3 cm³/mol. The smallest absolute Gasteiger partial charge is 0.416 e. The molecule has 25 heavy (non-hydrogen) atoms. The lowest BCUT2D eigenvalue weighted by atomic mass is 9.98. The topological polar surface area (TPSA) is 42.1 Å². The van der Waals surface area contributed by atoms with Crippen LogP contribution in [0.1, 0.15) is 5.56 Å². The number of ether oxygens (including phenoxy) is 1. The summed E-state index contributed by atoms with van der Waals surface area (Å²) in [6, 6.07) is 7.86. The maximum Gasteiger partial charge on any atom is 0.416 e. The van der Waals surface area contributed by atoms with Crippen molar-refractivity contribution in [1.29, 1.82) is 0 Å². The zero-order valence-corrected chi connectivity index (χ0v) is 15.0. The quantitative estimate of drug-likeness (QED) is 0.569. The molecule has 0 radical (unpaired) electrons. The summed E-state index contributed by atoms with van der Waals surface area (Å²) in [5, 5.41) is 0.588. The molecule has 0 saturated heterocycles. The van der Waals surface area contributed by atoms with Crippen LogP contribution in [0.25, 0.3) is 22.0 Å². The van der Waals surface area contributed by atoms with Gasteiger partial charge in [0.15, 0.2) is 0 Å². The number of fused-ring (bicyclic) bond motifs is 1. The van der Waals surface area contributed by atoms with Crippen LogP contribution < -0.4 is 10.3 Å². The fraction of sp³-hybridized carbons (Fsp3) is 0.118. The van der Waals surface area contributed by atoms with E-state index in [1.54, 1.807) is 18.2 Å². The molecule has 0 saturated carbocycles. The molecule has 1 heterocycles. The van der Waals surface area contributed by atoms with E-state index in [4.69, 9.17) is 16.3 Å². The molecular formula is C17H10BrClF3NO2. The summed E-state index contributed by atoms with van der Waals surface area (Å²) in [6.07, 6.45) is -4.51. The van der Waals surface area contributed by atoms with Gasteiger partial charge >= 0.3 is 6.18 Å². The summed E-state index contributed by atoms with van der Waals surface area (Å²) >= 11 is 9.21. The molecule has 2 aromatic carbocycles. The van der Waals surface area contributed by atoms with Gasteiger partial charge < -0.3 is 9.72 Å². The highest BCUT2D eigenvalue weighted by atomic mass is 79.9. The van der Waals surface area contributed by atoms with Crippen LogP contribution in [0, 0.1) is 0 Å². The lowest BCUT2D eigenvalue weighted by Crippen LogP contribution is -2.10. The molecule has 130 valence electrons. The Morgan fingerprint density at radius 2 is 1.88 bits per heavy atom. The van der Waals surface area contributed by atoms with Gasteiger partial charge in [0, 0.05) is 27.1 Å². The van der Waals surface area contributed by atoms with Crippen molar-refractivity contribution < 1.29 is 17.9 Å². The van der Waals surface area contributed by atoms with Crippen LogP contribution in [0.15, 0.2) is 45.7 Å². The van der Waals surface area contributed by atoms with Gasteiger partial charge in [0.25, 0.3) is 5.56 Å². The molecule has 0 fully saturated rings. The number of benzene rings is 2. The zero-order valence-electron chi connectivity index (χ0n) is 12.7. The lowest BCUT2D eigenvalue weighted by molar-refractivity contribution is -0.137. The van der Waals surface area contributed by atoms with Gasteiger partial charge in [-0.25, -0.2) is 0 Å². The molecule has 8 heteroatoms. The molecule has 1 aromatic heterocycles. The number of pyridine rings is 1. The van der Waals surface area contributed by atoms with Crippen molar-refractivity contribution in [2.75, 3.05) is 7.11 Å². The highest BCUT2D eigenvalue weighted by Gasteiger charge is 2.31. The van der Waals surface area contributed by atoms with Crippen LogP contribution in [-0.4, -0.2) is 12.1 Å². The van der Waals surface area contributed by atoms with E-state index in [-0.39, 0.29) is 20.9 Å². The Hall–Kier alpha value is -1.99. The molecule has 0 aliphatic heterocycles. The molecule has 0 atom stereocenters. The van der Waals surface area contributed by atoms with E-state index in [1.165, 1.54) is 13.2 Å². The van der Waals surface area contributed by atoms with E-state index in [0.717, 1.165) is 12.1 Å². The Balaban J connectivity index is 2.46. The van der Waals surface area contributed by atoms with Crippen LogP contribution >= 0.6 is 27.5 Å². The fourth-order valence-electron chi connectivity index (χ4n) is 2.58. The molecule has 0 amide bonds. The third-order valence-corrected chi connectivity index (χ3v) is 4.71. The van der Waals surface area contributed by atoms with Crippen molar-refractivity contribution in [2.24, 2.45) is 0 Å². The number of nitrogens with one attached hydrogen (secondary N) is 1. The predicted octanol–water partition coefficient (Wildman–Crippen LogP) is 5.64. The molecule has 0 aliphatic carbocycles. The van der Waals surface area contributed by atoms with Gasteiger partial charge in [0.1, 0.15) is 5.75 Å². The highest BCUT2D eigenvalue weighted by molar-refractivity contribution is 9.10. The summed E-state index contributed by atoms with van der Waals surface area (Å²) in [6.45, 7) is 0. The van der Waals surface area contributed by atoms with Crippen LogP contribution in [0.5, 0.6) is 5.75 Å².